The van der Waals surface area contributed by atoms with Crippen molar-refractivity contribution in [1.29, 1.82) is 0 Å². The molecule has 60 heavy (non-hydrogen) atoms. The highest BCUT2D eigenvalue weighted by atomic mass is 32.3. The molecule has 3 aromatic rings. The maximum Gasteiger partial charge on any atom is 0.460 e. The minimum atomic E-state index is -7.54. The summed E-state index contributed by atoms with van der Waals surface area (Å²) in [6.45, 7) is 33.1. The fourth-order valence-electron chi connectivity index (χ4n) is 6.72. The molecule has 0 N–H and O–H groups in total. The predicted molar refractivity (Wildman–Crippen MR) is 225 cm³/mol. The molecule has 0 saturated carbocycles. The monoisotopic (exact) mass is 898 g/mol. The summed E-state index contributed by atoms with van der Waals surface area (Å²) in [6, 6.07) is 14.4. The first-order valence-corrected chi connectivity index (χ1v) is 22.6. The molecule has 3 rings (SSSR count). The van der Waals surface area contributed by atoms with E-state index in [4.69, 9.17) is 3.63 Å². The molecule has 3 nitrogen and oxygen atoms in total. The number of alkyl halides is 9. The van der Waals surface area contributed by atoms with Crippen molar-refractivity contribution in [1.82, 2.24) is 0 Å². The van der Waals surface area contributed by atoms with E-state index >= 15 is 17.6 Å². The molecule has 3 aromatic carbocycles. The van der Waals surface area contributed by atoms with Crippen LogP contribution in [-0.2, 0) is 46.2 Å². The second-order valence-electron chi connectivity index (χ2n) is 21.9. The quantitative estimate of drug-likeness (QED) is 0.212. The van der Waals surface area contributed by atoms with E-state index in [1.165, 1.54) is 24.3 Å². The number of halogens is 9. The zero-order chi connectivity index (χ0) is 47.3. The molecular formula is C46H63F9O3S2. The first kappa shape index (κ1) is 51.6. The molecule has 0 bridgehead atoms. The van der Waals surface area contributed by atoms with Crippen LogP contribution < -0.4 is 0 Å². The number of hydrogen-bond acceptors (Lipinski definition) is 3. The van der Waals surface area contributed by atoms with E-state index in [0.717, 1.165) is 11.1 Å². The Kier molecular flexibility index (Phi) is 13.1. The van der Waals surface area contributed by atoms with Gasteiger partial charge in [0.2, 0.25) is 0 Å². The molecule has 0 saturated heterocycles. The van der Waals surface area contributed by atoms with Crippen molar-refractivity contribution in [2.45, 2.75) is 195 Å². The Hall–Kier alpha value is -2.71. The van der Waals surface area contributed by atoms with Crippen molar-refractivity contribution >= 4 is 20.4 Å². The topological polar surface area (TPSA) is 43.4 Å². The zero-order valence-electron chi connectivity index (χ0n) is 38.1. The lowest BCUT2D eigenvalue weighted by atomic mass is 9.75. The fourth-order valence-corrected chi connectivity index (χ4v) is 13.4. The minimum absolute atomic E-state index is 0.0199. The molecule has 0 radical (unpaired) electrons. The van der Waals surface area contributed by atoms with Crippen LogP contribution in [0.4, 0.5) is 39.5 Å². The normalized spacial score (nSPS) is 15.4. The molecule has 0 heterocycles. The van der Waals surface area contributed by atoms with Crippen molar-refractivity contribution in [3.05, 3.63) is 88.0 Å². The van der Waals surface area contributed by atoms with Gasteiger partial charge >= 0.3 is 33.4 Å². The van der Waals surface area contributed by atoms with Crippen LogP contribution in [0.5, 0.6) is 0 Å². The highest BCUT2D eigenvalue weighted by Crippen LogP contribution is 2.77. The SMILES string of the molecule is CC(C)(C)c1cc(C(C)(C)C)c(S(OS(=O)(=O)C(F)(F)C(F)(F)C(F)(F)C(F)(F)F)(c2ccccc2)c2c(C(C)(C)C)cc(C(C)(C)C)cc2C(C)(C)C)c(C(C)(C)C)c1. The Bertz CT molecular complexity index is 2000. The third kappa shape index (κ3) is 9.17. The first-order valence-electron chi connectivity index (χ1n) is 19.7. The molecule has 0 amide bonds. The smallest absolute Gasteiger partial charge is 0.202 e. The van der Waals surface area contributed by atoms with Crippen molar-refractivity contribution in [2.24, 2.45) is 0 Å². The Balaban J connectivity index is 3.11. The first-order chi connectivity index (χ1) is 26.2. The zero-order valence-corrected chi connectivity index (χ0v) is 39.8. The summed E-state index contributed by atoms with van der Waals surface area (Å²) in [7, 11) is -12.0. The molecule has 14 heteroatoms. The van der Waals surface area contributed by atoms with Gasteiger partial charge in [0.15, 0.2) is 0 Å². The number of rotatable bonds is 8. The summed E-state index contributed by atoms with van der Waals surface area (Å²) in [5.41, 5.74) is -2.20. The van der Waals surface area contributed by atoms with Crippen LogP contribution in [0.3, 0.4) is 0 Å². The Morgan fingerprint density at radius 3 is 0.933 bits per heavy atom. The summed E-state index contributed by atoms with van der Waals surface area (Å²) in [6.07, 6.45) is -7.28. The van der Waals surface area contributed by atoms with Gasteiger partial charge in [0.25, 0.3) is 0 Å². The van der Waals surface area contributed by atoms with Gasteiger partial charge in [-0.3, -0.25) is 0 Å². The van der Waals surface area contributed by atoms with Crippen LogP contribution in [0.25, 0.3) is 0 Å². The summed E-state index contributed by atoms with van der Waals surface area (Å²) in [5.74, 6) is -15.0. The van der Waals surface area contributed by atoms with E-state index in [0.29, 0.717) is 22.3 Å². The Morgan fingerprint density at radius 2 is 0.700 bits per heavy atom. The minimum Gasteiger partial charge on any atom is -0.202 e. The van der Waals surface area contributed by atoms with Crippen LogP contribution >= 0.6 is 10.3 Å². The Labute approximate surface area is 353 Å². The van der Waals surface area contributed by atoms with Gasteiger partial charge in [-0.2, -0.15) is 47.9 Å². The average molecular weight is 899 g/mol. The van der Waals surface area contributed by atoms with E-state index in [2.05, 4.69) is 0 Å². The summed E-state index contributed by atoms with van der Waals surface area (Å²) < 4.78 is 169. The molecule has 0 aliphatic heterocycles. The van der Waals surface area contributed by atoms with Crippen LogP contribution in [0.15, 0.2) is 69.3 Å². The standard InChI is InChI=1S/C46H63F9O3S2/c1-37(2,3)28-24-31(39(7,8)9)35(32(25-28)40(10,11)12)59(30-22-20-19-21-23-30,58-60(56,57)46(54,55)44(49,50)43(47,48)45(51,52)53)36-33(41(13,14)15)26-29(38(4,5)6)27-34(36)42(16,17)18/h19-27H,1-18H3. The van der Waals surface area contributed by atoms with Crippen molar-refractivity contribution in [3.8, 4) is 0 Å². The molecule has 0 spiro atoms. The second kappa shape index (κ2) is 15.2. The van der Waals surface area contributed by atoms with E-state index in [1.54, 1.807) is 113 Å². The average Bonchev–Trinajstić information content (AvgIpc) is 3.03. The van der Waals surface area contributed by atoms with Crippen molar-refractivity contribution < 1.29 is 51.6 Å². The summed E-state index contributed by atoms with van der Waals surface area (Å²) in [4.78, 5) is -0.0627. The van der Waals surface area contributed by atoms with Crippen LogP contribution in [0, 0.1) is 0 Å². The van der Waals surface area contributed by atoms with Gasteiger partial charge in [-0.05, 0) is 88.3 Å². The molecule has 0 aliphatic carbocycles. The highest BCUT2D eigenvalue weighted by Gasteiger charge is 2.86. The lowest BCUT2D eigenvalue weighted by Gasteiger charge is -2.50. The van der Waals surface area contributed by atoms with Gasteiger partial charge in [-0.25, -0.2) is 3.63 Å². The van der Waals surface area contributed by atoms with Crippen LogP contribution in [0.1, 0.15) is 158 Å². The van der Waals surface area contributed by atoms with E-state index in [9.17, 15) is 30.4 Å². The van der Waals surface area contributed by atoms with Crippen molar-refractivity contribution in [3.63, 3.8) is 0 Å². The molecule has 0 unspecified atom stereocenters. The highest BCUT2D eigenvalue weighted by molar-refractivity contribution is 8.33. The second-order valence-corrected chi connectivity index (χ2v) is 26.2. The van der Waals surface area contributed by atoms with E-state index in [-0.39, 0.29) is 14.7 Å². The molecular weight excluding hydrogens is 836 g/mol. The fraction of sp³-hybridized carbons (Fsp3) is 0.609. The van der Waals surface area contributed by atoms with E-state index < -0.39 is 76.2 Å². The summed E-state index contributed by atoms with van der Waals surface area (Å²) in [5, 5.41) is -7.14. The van der Waals surface area contributed by atoms with Crippen LogP contribution in [-0.4, -0.2) is 31.7 Å². The molecule has 0 fully saturated rings. The van der Waals surface area contributed by atoms with Gasteiger partial charge in [-0.1, -0.05) is 167 Å². The lowest BCUT2D eigenvalue weighted by molar-refractivity contribution is -0.382. The van der Waals surface area contributed by atoms with Crippen LogP contribution in [0.2, 0.25) is 0 Å². The van der Waals surface area contributed by atoms with Gasteiger partial charge in [0, 0.05) is 14.7 Å². The van der Waals surface area contributed by atoms with Gasteiger partial charge < -0.3 is 0 Å². The molecule has 0 atom stereocenters. The van der Waals surface area contributed by atoms with Gasteiger partial charge in [-0.15, -0.1) is 0 Å². The lowest BCUT2D eigenvalue weighted by Crippen LogP contribution is -2.63. The maximum atomic E-state index is 16.4. The molecule has 0 aliphatic rings. The maximum absolute atomic E-state index is 16.4. The Morgan fingerprint density at radius 1 is 0.417 bits per heavy atom. The largest absolute Gasteiger partial charge is 0.460 e. The predicted octanol–water partition coefficient (Wildman–Crippen LogP) is 15.4. The third-order valence-corrected chi connectivity index (χ3v) is 15.8. The molecule has 0 aromatic heterocycles. The van der Waals surface area contributed by atoms with E-state index in [1.807, 2.05) is 41.5 Å². The van der Waals surface area contributed by atoms with Gasteiger partial charge in [0.1, 0.15) is 0 Å². The third-order valence-electron chi connectivity index (χ3n) is 10.4. The van der Waals surface area contributed by atoms with Gasteiger partial charge in [0.05, 0.1) is 0 Å². The molecule has 340 valence electrons. The summed E-state index contributed by atoms with van der Waals surface area (Å²) >= 11 is 0. The van der Waals surface area contributed by atoms with Crippen molar-refractivity contribution in [2.75, 3.05) is 0 Å². The number of benzene rings is 3. The number of hydrogen-bond donors (Lipinski definition) is 0.